The van der Waals surface area contributed by atoms with E-state index in [1.807, 2.05) is 6.07 Å². The van der Waals surface area contributed by atoms with E-state index in [1.165, 1.54) is 11.8 Å². The van der Waals surface area contributed by atoms with Gasteiger partial charge >= 0.3 is 0 Å². The van der Waals surface area contributed by atoms with Crippen molar-refractivity contribution in [3.63, 3.8) is 0 Å². The number of nitrogens with zero attached hydrogens (tertiary/aromatic N) is 2. The maximum atomic E-state index is 13.3. The average molecular weight is 447 g/mol. The second-order valence-corrected chi connectivity index (χ2v) is 7.63. The molecule has 160 valence electrons. The van der Waals surface area contributed by atoms with Crippen molar-refractivity contribution >= 4 is 46.3 Å². The fraction of sp³-hybridized carbons (Fsp3) is 0.0833. The van der Waals surface area contributed by atoms with Crippen molar-refractivity contribution in [3.8, 4) is 0 Å². The molecular formula is C24H19ClN4O3. The molecule has 0 saturated heterocycles. The monoisotopic (exact) mass is 446 g/mol. The first-order chi connectivity index (χ1) is 15.4. The molecule has 2 aromatic carbocycles. The first kappa shape index (κ1) is 21.3. The molecule has 0 radical (unpaired) electrons. The van der Waals surface area contributed by atoms with E-state index < -0.39 is 11.8 Å². The van der Waals surface area contributed by atoms with Gasteiger partial charge in [-0.25, -0.2) is 0 Å². The summed E-state index contributed by atoms with van der Waals surface area (Å²) in [5.74, 6) is -1.02. The van der Waals surface area contributed by atoms with E-state index in [2.05, 4.69) is 15.6 Å². The molecule has 0 unspecified atom stereocenters. The topological polar surface area (TPSA) is 91.4 Å². The zero-order valence-corrected chi connectivity index (χ0v) is 17.9. The minimum absolute atomic E-state index is 0.106. The first-order valence-electron chi connectivity index (χ1n) is 9.82. The fourth-order valence-electron chi connectivity index (χ4n) is 3.38. The molecular weight excluding hydrogens is 428 g/mol. The number of benzene rings is 2. The largest absolute Gasteiger partial charge is 0.350 e. The van der Waals surface area contributed by atoms with Gasteiger partial charge in [0.05, 0.1) is 12.1 Å². The van der Waals surface area contributed by atoms with Gasteiger partial charge in [0.2, 0.25) is 5.91 Å². The normalized spacial score (nSPS) is 13.5. The molecule has 1 aromatic heterocycles. The van der Waals surface area contributed by atoms with Gasteiger partial charge in [0.25, 0.3) is 11.8 Å². The van der Waals surface area contributed by atoms with Gasteiger partial charge in [0, 0.05) is 35.7 Å². The van der Waals surface area contributed by atoms with Gasteiger partial charge in [-0.1, -0.05) is 29.8 Å². The number of hydrogen-bond acceptors (Lipinski definition) is 5. The molecule has 0 fully saturated rings. The summed E-state index contributed by atoms with van der Waals surface area (Å²) in [6.45, 7) is 1.53. The molecule has 7 nitrogen and oxygen atoms in total. The molecule has 1 aliphatic rings. The van der Waals surface area contributed by atoms with Gasteiger partial charge in [-0.05, 0) is 53.6 Å². The lowest BCUT2D eigenvalue weighted by atomic mass is 10.0. The molecule has 4 rings (SSSR count). The van der Waals surface area contributed by atoms with Gasteiger partial charge in [-0.15, -0.1) is 0 Å². The molecule has 2 heterocycles. The summed E-state index contributed by atoms with van der Waals surface area (Å²) in [6.07, 6.45) is 3.25. The van der Waals surface area contributed by atoms with Crippen molar-refractivity contribution in [1.29, 1.82) is 0 Å². The van der Waals surface area contributed by atoms with Crippen LogP contribution in [0.5, 0.6) is 0 Å². The van der Waals surface area contributed by atoms with E-state index in [1.54, 1.807) is 67.0 Å². The number of imide groups is 1. The molecule has 32 heavy (non-hydrogen) atoms. The van der Waals surface area contributed by atoms with Crippen molar-refractivity contribution in [2.24, 2.45) is 0 Å². The van der Waals surface area contributed by atoms with Crippen molar-refractivity contribution in [2.75, 3.05) is 10.6 Å². The Hall–Kier alpha value is -3.97. The lowest BCUT2D eigenvalue weighted by molar-refractivity contribution is -0.137. The molecule has 0 saturated carbocycles. The Labute approximate surface area is 189 Å². The summed E-state index contributed by atoms with van der Waals surface area (Å²) in [7, 11) is 0. The van der Waals surface area contributed by atoms with Crippen molar-refractivity contribution < 1.29 is 14.4 Å². The van der Waals surface area contributed by atoms with Crippen molar-refractivity contribution in [2.45, 2.75) is 13.5 Å². The summed E-state index contributed by atoms with van der Waals surface area (Å²) in [5.41, 5.74) is 2.99. The van der Waals surface area contributed by atoms with E-state index >= 15 is 0 Å². The summed E-state index contributed by atoms with van der Waals surface area (Å²) in [4.78, 5) is 43.0. The quantitative estimate of drug-likeness (QED) is 0.556. The predicted octanol–water partition coefficient (Wildman–Crippen LogP) is 4.09. The third-order valence-corrected chi connectivity index (χ3v) is 5.09. The van der Waals surface area contributed by atoms with Crippen LogP contribution in [0, 0.1) is 0 Å². The van der Waals surface area contributed by atoms with Crippen LogP contribution in [0.3, 0.4) is 0 Å². The van der Waals surface area contributed by atoms with Gasteiger partial charge < -0.3 is 10.6 Å². The molecule has 3 amide bonds. The number of hydrogen-bond donors (Lipinski definition) is 2. The second-order valence-electron chi connectivity index (χ2n) is 7.20. The Bertz CT molecular complexity index is 1210. The molecule has 0 aliphatic carbocycles. The van der Waals surface area contributed by atoms with Crippen LogP contribution in [-0.2, 0) is 20.9 Å². The highest BCUT2D eigenvalue weighted by Crippen LogP contribution is 2.32. The van der Waals surface area contributed by atoms with Crippen LogP contribution in [0.4, 0.5) is 11.4 Å². The molecule has 8 heteroatoms. The van der Waals surface area contributed by atoms with Crippen LogP contribution in [-0.4, -0.2) is 27.6 Å². The van der Waals surface area contributed by atoms with Crippen LogP contribution in [0.2, 0.25) is 5.02 Å². The van der Waals surface area contributed by atoms with Gasteiger partial charge in [-0.3, -0.25) is 24.3 Å². The number of nitrogens with one attached hydrogen (secondary N) is 2. The predicted molar refractivity (Wildman–Crippen MR) is 123 cm³/mol. The number of carbonyl (C=O) groups is 3. The highest BCUT2D eigenvalue weighted by Gasteiger charge is 2.39. The number of carbonyl (C=O) groups excluding carboxylic acids is 3. The van der Waals surface area contributed by atoms with Gasteiger partial charge in [-0.2, -0.15) is 0 Å². The van der Waals surface area contributed by atoms with E-state index in [-0.39, 0.29) is 23.7 Å². The van der Waals surface area contributed by atoms with E-state index in [0.29, 0.717) is 22.0 Å². The lowest BCUT2D eigenvalue weighted by Crippen LogP contribution is -2.32. The van der Waals surface area contributed by atoms with E-state index in [0.717, 1.165) is 5.56 Å². The highest BCUT2D eigenvalue weighted by atomic mass is 35.5. The Morgan fingerprint density at radius 3 is 2.28 bits per heavy atom. The fourth-order valence-corrected chi connectivity index (χ4v) is 3.50. The number of amides is 3. The van der Waals surface area contributed by atoms with Crippen LogP contribution < -0.4 is 10.6 Å². The molecule has 2 N–H and O–H groups in total. The highest BCUT2D eigenvalue weighted by molar-refractivity contribution is 6.36. The van der Waals surface area contributed by atoms with Gasteiger partial charge in [0.15, 0.2) is 0 Å². The number of anilines is 2. The van der Waals surface area contributed by atoms with Crippen molar-refractivity contribution in [1.82, 2.24) is 9.88 Å². The second kappa shape index (κ2) is 9.03. The Morgan fingerprint density at radius 2 is 1.66 bits per heavy atom. The zero-order valence-electron chi connectivity index (χ0n) is 17.1. The maximum Gasteiger partial charge on any atom is 0.278 e. The minimum atomic E-state index is -0.435. The smallest absolute Gasteiger partial charge is 0.278 e. The lowest BCUT2D eigenvalue weighted by Gasteiger charge is -2.15. The van der Waals surface area contributed by atoms with Crippen LogP contribution in [0.1, 0.15) is 18.1 Å². The summed E-state index contributed by atoms with van der Waals surface area (Å²) in [5, 5.41) is 6.31. The third kappa shape index (κ3) is 4.53. The Balaban J connectivity index is 1.68. The van der Waals surface area contributed by atoms with Gasteiger partial charge in [0.1, 0.15) is 5.70 Å². The van der Waals surface area contributed by atoms with Crippen LogP contribution in [0.15, 0.2) is 78.8 Å². The molecule has 0 atom stereocenters. The molecule has 0 spiro atoms. The summed E-state index contributed by atoms with van der Waals surface area (Å²) < 4.78 is 0. The van der Waals surface area contributed by atoms with Crippen LogP contribution >= 0.6 is 11.6 Å². The minimum Gasteiger partial charge on any atom is -0.350 e. The average Bonchev–Trinajstić information content (AvgIpc) is 3.00. The van der Waals surface area contributed by atoms with Crippen molar-refractivity contribution in [3.05, 3.63) is 94.9 Å². The van der Waals surface area contributed by atoms with E-state index in [9.17, 15) is 14.4 Å². The Morgan fingerprint density at radius 1 is 0.969 bits per heavy atom. The summed E-state index contributed by atoms with van der Waals surface area (Å²) in [6, 6.07) is 17.2. The standard InChI is InChI=1S/C24H19ClN4O3/c1-15(30)27-19-8-10-20(11-9-19)28-22-21(17-4-6-18(25)7-5-17)23(31)29(24(22)32)14-16-3-2-12-26-13-16/h2-13,28H,14H2,1H3,(H,27,30). The SMILES string of the molecule is CC(=O)Nc1ccc(NC2=C(c3ccc(Cl)cc3)C(=O)N(Cc3cccnc3)C2=O)cc1. The summed E-state index contributed by atoms with van der Waals surface area (Å²) >= 11 is 6.01. The number of pyridine rings is 1. The zero-order chi connectivity index (χ0) is 22.7. The maximum absolute atomic E-state index is 13.3. The molecule has 3 aromatic rings. The Kier molecular flexibility index (Phi) is 6.00. The number of rotatable bonds is 6. The number of aromatic nitrogens is 1. The third-order valence-electron chi connectivity index (χ3n) is 4.84. The molecule has 0 bridgehead atoms. The van der Waals surface area contributed by atoms with Crippen LogP contribution in [0.25, 0.3) is 5.57 Å². The first-order valence-corrected chi connectivity index (χ1v) is 10.2. The number of halogens is 1. The van der Waals surface area contributed by atoms with E-state index in [4.69, 9.17) is 11.6 Å². The molecule has 1 aliphatic heterocycles.